The van der Waals surface area contributed by atoms with Gasteiger partial charge in [-0.05, 0) is 39.0 Å². The number of carbonyl (C=O) groups is 9. The Bertz CT molecular complexity index is 5140. The molecule has 0 amide bonds. The Morgan fingerprint density at radius 1 is 0.433 bits per heavy atom. The fourth-order valence-corrected chi connectivity index (χ4v) is 19.5. The molecule has 16 N–H and O–H groups in total. The van der Waals surface area contributed by atoms with Crippen LogP contribution in [0.2, 0.25) is 0 Å². The summed E-state index contributed by atoms with van der Waals surface area (Å²) in [4.78, 5) is 127. The average molecular weight is 1670 g/mol. The lowest BCUT2D eigenvalue weighted by Crippen LogP contribution is -2.71. The first-order valence-corrected chi connectivity index (χ1v) is 39.0. The summed E-state index contributed by atoms with van der Waals surface area (Å²) < 4.78 is 67.2. The van der Waals surface area contributed by atoms with Crippen molar-refractivity contribution in [3.63, 3.8) is 0 Å². The smallest absolute Gasteiger partial charge is 0.202 e. The highest BCUT2D eigenvalue weighted by Crippen LogP contribution is 2.58. The molecule has 11 unspecified atom stereocenters. The molecule has 0 spiro atoms. The number of methoxy groups -OCH3 is 3. The number of Topliss-reactive ketones (excluding diaryl/α,β-unsaturated/α-hetero) is 3. The third kappa shape index (κ3) is 13.2. The van der Waals surface area contributed by atoms with Crippen LogP contribution in [0.5, 0.6) is 51.7 Å². The molecular formula is C84H88N3O33+. The minimum Gasteiger partial charge on any atom is -0.507 e. The number of quaternary nitrogens is 1. The quantitative estimate of drug-likeness (QED) is 0.0635. The second-order valence-corrected chi connectivity index (χ2v) is 32.2. The molecule has 5 fully saturated rings. The van der Waals surface area contributed by atoms with Gasteiger partial charge in [0.05, 0.1) is 121 Å². The number of hydrogen-bond acceptors (Lipinski definition) is 35. The number of nitrogens with zero attached hydrogens (tertiary/aromatic N) is 2. The van der Waals surface area contributed by atoms with Crippen LogP contribution in [0.1, 0.15) is 207 Å². The fourth-order valence-electron chi connectivity index (χ4n) is 19.5. The summed E-state index contributed by atoms with van der Waals surface area (Å²) in [6.07, 6.45) is -15.0. The van der Waals surface area contributed by atoms with Gasteiger partial charge in [-0.15, -0.1) is 0 Å². The normalized spacial score (nSPS) is 31.8. The average Bonchev–Trinajstić information content (AvgIpc) is 0.876. The number of ketones is 9. The van der Waals surface area contributed by atoms with Gasteiger partial charge in [0.1, 0.15) is 126 Å². The maximum absolute atomic E-state index is 14.3. The zero-order valence-electron chi connectivity index (χ0n) is 65.5. The van der Waals surface area contributed by atoms with Crippen molar-refractivity contribution in [2.24, 2.45) is 0 Å². The van der Waals surface area contributed by atoms with Crippen LogP contribution in [0.15, 0.2) is 54.6 Å². The van der Waals surface area contributed by atoms with Crippen LogP contribution in [0.25, 0.3) is 0 Å². The van der Waals surface area contributed by atoms with Crippen molar-refractivity contribution in [1.29, 1.82) is 0 Å². The molecule has 6 aliphatic carbocycles. The first-order valence-electron chi connectivity index (χ1n) is 39.0. The van der Waals surface area contributed by atoms with Crippen molar-refractivity contribution in [2.75, 3.05) is 61.3 Å². The minimum absolute atomic E-state index is 0.0188. The molecule has 36 heteroatoms. The van der Waals surface area contributed by atoms with Crippen molar-refractivity contribution in [3.05, 3.63) is 155 Å². The van der Waals surface area contributed by atoms with E-state index in [9.17, 15) is 110 Å². The molecule has 6 aromatic rings. The Morgan fingerprint density at radius 2 is 0.725 bits per heavy atom. The van der Waals surface area contributed by atoms with E-state index in [1.54, 1.807) is 20.8 Å². The van der Waals surface area contributed by atoms with Crippen LogP contribution in [0.4, 0.5) is 0 Å². The van der Waals surface area contributed by atoms with E-state index in [1.807, 2.05) is 9.80 Å². The van der Waals surface area contributed by atoms with Crippen molar-refractivity contribution in [3.8, 4) is 51.7 Å². The Morgan fingerprint density at radius 3 is 1.02 bits per heavy atom. The third-order valence-electron chi connectivity index (χ3n) is 25.4. The molecular weight excluding hydrogens is 1580 g/mol. The maximum atomic E-state index is 14.3. The van der Waals surface area contributed by atoms with E-state index in [-0.39, 0.29) is 123 Å². The second kappa shape index (κ2) is 31.1. The molecule has 11 aliphatic rings. The molecule has 120 heavy (non-hydrogen) atoms. The number of rotatable bonds is 15. The van der Waals surface area contributed by atoms with Gasteiger partial charge in [-0.1, -0.05) is 36.4 Å². The van der Waals surface area contributed by atoms with E-state index >= 15 is 0 Å². The van der Waals surface area contributed by atoms with Crippen LogP contribution >= 0.6 is 0 Å². The number of aromatic hydroxyl groups is 6. The monoisotopic (exact) mass is 1670 g/mol. The molecule has 0 aromatic heterocycles. The number of hydrogen-bond donors (Lipinski definition) is 14. The molecule has 6 aromatic carbocycles. The lowest BCUT2D eigenvalue weighted by molar-refractivity contribution is -0.466. The summed E-state index contributed by atoms with van der Waals surface area (Å²) in [6.45, 7) is 2.17. The second-order valence-electron chi connectivity index (χ2n) is 32.2. The standard InChI is InChI=1S/C57H58N2O22.C27H29NO11/c1-22-54-28(11-36(78-22)80-32-15-56(72,34(62)17-60)13-26-40(32)52(70)44-42(48(26)66)46(64)24-7-5-9-30(74-3)38(24)50(44)68)58-19-59(20-76-54)29-12-37(79-23(2)55(29)77-21-58)81-33-16-57(73,35(63)18-61)14-27-41(33)53(71)45-43(49(27)67)47(65)25-8-6-10-31(75-4)39(25)51(45)69;1-10-22(31)13(28)6-17(38-10)39-15-8-27(36,16(30)9-29)7-12-19(15)26(35)21-20(24(12)33)23(32)11-4-3-5-14(37-2)18(11)25(21)34/h5-10,22-23,28-29,32-33,36-37,54-55,60-61,66-67,70-73H,11-21H2,1-4H3;3-5,10,13,15,17,22,29,31,33,35-36H,6-9,28H2,1-2H3/p+1/t22-,23+,28?,29?,32-,33-,36-,37-,54?,55?,56-,57-;10?,13?,15?,17?,22?,27-/m00/s1. The SMILES string of the molecule is COc1cccc2c1C(=O)c1c(O)c3c(c(O)c1C2=O)C[C@@](O)(C(=O)CO)CC3OC1CC([NH3+])C(O)C(C)O1.COc1cccc2c1C(=O)c1c(O)c3c(c(O)c1C2=O)C[C@@](O)(C(=O)CO)C[C@@H]3O[C@H]1CC2C(OCN3CN2COC2C3C[C@H](O[C@H]3C[C@](O)(C(=O)CO)Cc4c(O)c5c(c(O)c43)C(=O)c3c(OC)cccc3C5=O)O[C@@H]2C)[C@H](C)O1. The number of benzene rings is 6. The topological polar surface area (TPSA) is 552 Å². The summed E-state index contributed by atoms with van der Waals surface area (Å²) in [7, 11) is 3.94. The molecule has 0 saturated carbocycles. The van der Waals surface area contributed by atoms with Gasteiger partial charge < -0.3 is 124 Å². The summed E-state index contributed by atoms with van der Waals surface area (Å²) in [5, 5.41) is 146. The largest absolute Gasteiger partial charge is 0.507 e. The lowest BCUT2D eigenvalue weighted by Gasteiger charge is -2.46. The molecule has 5 saturated heterocycles. The summed E-state index contributed by atoms with van der Waals surface area (Å²) >= 11 is 0. The van der Waals surface area contributed by atoms with Gasteiger partial charge in [0, 0.05) is 114 Å². The highest BCUT2D eigenvalue weighted by atomic mass is 16.7. The van der Waals surface area contributed by atoms with Crippen molar-refractivity contribution >= 4 is 52.0 Å². The number of carbonyl (C=O) groups excluding carboxylic acids is 9. The zero-order chi connectivity index (χ0) is 85.8. The predicted molar refractivity (Wildman–Crippen MR) is 402 cm³/mol. The number of fused-ring (bicyclic) bond motifs is 15. The van der Waals surface area contributed by atoms with Crippen molar-refractivity contribution < 1.29 is 167 Å². The van der Waals surface area contributed by atoms with Crippen LogP contribution < -0.4 is 19.9 Å². The molecule has 5 aliphatic heterocycles. The zero-order valence-corrected chi connectivity index (χ0v) is 65.5. The molecule has 2 bridgehead atoms. The Kier molecular flexibility index (Phi) is 21.6. The summed E-state index contributed by atoms with van der Waals surface area (Å²) in [5.41, 5.74) is -7.82. The van der Waals surface area contributed by atoms with Crippen LogP contribution in [0, 0.1) is 0 Å². The van der Waals surface area contributed by atoms with Crippen molar-refractivity contribution in [2.45, 2.75) is 187 Å². The van der Waals surface area contributed by atoms with Crippen molar-refractivity contribution in [1.82, 2.24) is 9.80 Å². The van der Waals surface area contributed by atoms with Gasteiger partial charge in [-0.25, -0.2) is 0 Å². The number of aliphatic hydroxyl groups excluding tert-OH is 4. The van der Waals surface area contributed by atoms with E-state index in [4.69, 9.17) is 52.1 Å². The number of phenols is 6. The number of ether oxygens (including phenoxy) is 11. The van der Waals surface area contributed by atoms with Crippen LogP contribution in [0.3, 0.4) is 0 Å². The highest BCUT2D eigenvalue weighted by Gasteiger charge is 2.57. The first kappa shape index (κ1) is 83.5. The Hall–Kier alpha value is -10.2. The van der Waals surface area contributed by atoms with E-state index < -0.39 is 287 Å². The first-order chi connectivity index (χ1) is 57.1. The summed E-state index contributed by atoms with van der Waals surface area (Å²) in [6, 6.07) is 11.5. The molecule has 636 valence electrons. The molecule has 17 rings (SSSR count). The maximum Gasteiger partial charge on any atom is 0.202 e. The summed E-state index contributed by atoms with van der Waals surface area (Å²) in [5.74, 6) is -11.9. The van der Waals surface area contributed by atoms with Gasteiger partial charge in [-0.2, -0.15) is 0 Å². The van der Waals surface area contributed by atoms with E-state index in [0.717, 1.165) is 0 Å². The number of phenolic OH excluding ortho intramolecular Hbond substituents is 6. The highest BCUT2D eigenvalue weighted by molar-refractivity contribution is 6.33. The van der Waals surface area contributed by atoms with Gasteiger partial charge in [-0.3, -0.25) is 53.0 Å². The third-order valence-corrected chi connectivity index (χ3v) is 25.4. The van der Waals surface area contributed by atoms with Gasteiger partial charge in [0.25, 0.3) is 0 Å². The molecule has 36 nitrogen and oxygen atoms in total. The van der Waals surface area contributed by atoms with E-state index in [2.05, 4.69) is 5.73 Å². The fraction of sp³-hybridized carbons (Fsp3) is 0.464. The minimum atomic E-state index is -2.38. The predicted octanol–water partition coefficient (Wildman–Crippen LogP) is 0.936. The van der Waals surface area contributed by atoms with E-state index in [1.165, 1.54) is 75.9 Å². The number of aliphatic hydroxyl groups is 7. The van der Waals surface area contributed by atoms with Gasteiger partial charge >= 0.3 is 0 Å². The molecule has 0 radical (unpaired) electrons. The Labute approximate surface area is 681 Å². The molecule has 5 heterocycles. The Balaban J connectivity index is 0.000000229. The lowest BCUT2D eigenvalue weighted by atomic mass is 9.72. The van der Waals surface area contributed by atoms with E-state index in [0.29, 0.717) is 0 Å². The van der Waals surface area contributed by atoms with Gasteiger partial charge in [0.15, 0.2) is 53.6 Å². The van der Waals surface area contributed by atoms with Crippen LogP contribution in [-0.4, -0.2) is 280 Å². The molecule has 20 atom stereocenters. The van der Waals surface area contributed by atoms with Gasteiger partial charge in [0.2, 0.25) is 17.3 Å². The van der Waals surface area contributed by atoms with Crippen LogP contribution in [-0.2, 0) is 71.5 Å².